The highest BCUT2D eigenvalue weighted by molar-refractivity contribution is 7.52. The van der Waals surface area contributed by atoms with Crippen LogP contribution >= 0.6 is 7.60 Å². The second kappa shape index (κ2) is 5.31. The Morgan fingerprint density at radius 3 is 2.41 bits per heavy atom. The van der Waals surface area contributed by atoms with Gasteiger partial charge in [-0.2, -0.15) is 0 Å². The first kappa shape index (κ1) is 13.7. The van der Waals surface area contributed by atoms with Gasteiger partial charge in [-0.05, 0) is 24.6 Å². The van der Waals surface area contributed by atoms with Crippen LogP contribution in [-0.4, -0.2) is 21.5 Å². The van der Waals surface area contributed by atoms with Crippen LogP contribution in [0.4, 0.5) is 5.69 Å². The summed E-state index contributed by atoms with van der Waals surface area (Å²) < 4.78 is 10.8. The predicted molar refractivity (Wildman–Crippen MR) is 64.2 cm³/mol. The number of benzene rings is 1. The van der Waals surface area contributed by atoms with Crippen molar-refractivity contribution in [1.29, 1.82) is 0 Å². The monoisotopic (exact) mass is 258 g/mol. The van der Waals surface area contributed by atoms with Crippen LogP contribution in [-0.2, 0) is 15.8 Å². The second-order valence-corrected chi connectivity index (χ2v) is 5.70. The average molecular weight is 258 g/mol. The molecular weight excluding hydrogens is 243 g/mol. The molecule has 1 atom stereocenters. The minimum atomic E-state index is -4.28. The van der Waals surface area contributed by atoms with Gasteiger partial charge < -0.3 is 20.8 Å². The van der Waals surface area contributed by atoms with Crippen LogP contribution in [0.2, 0.25) is 0 Å². The second-order valence-electron chi connectivity index (χ2n) is 3.75. The van der Waals surface area contributed by atoms with Crippen LogP contribution in [0, 0.1) is 0 Å². The molecule has 0 spiro atoms. The zero-order chi connectivity index (χ0) is 13.1. The number of carbonyl (C=O) groups excluding carboxylic acids is 1. The molecule has 0 aliphatic rings. The minimum Gasteiger partial charge on any atom is -0.399 e. The van der Waals surface area contributed by atoms with Crippen molar-refractivity contribution < 1.29 is 19.1 Å². The lowest BCUT2D eigenvalue weighted by Crippen LogP contribution is -2.33. The molecule has 6 nitrogen and oxygen atoms in total. The summed E-state index contributed by atoms with van der Waals surface area (Å²) in [4.78, 5) is 29.1. The average Bonchev–Trinajstić information content (AvgIpc) is 2.20. The van der Waals surface area contributed by atoms with Gasteiger partial charge in [0.15, 0.2) is 0 Å². The molecule has 7 heteroatoms. The number of rotatable bonds is 4. The van der Waals surface area contributed by atoms with Crippen molar-refractivity contribution in [3.05, 3.63) is 29.8 Å². The van der Waals surface area contributed by atoms with Crippen molar-refractivity contribution in [3.63, 3.8) is 0 Å². The molecule has 0 heterocycles. The van der Waals surface area contributed by atoms with Crippen LogP contribution in [0.15, 0.2) is 24.3 Å². The van der Waals surface area contributed by atoms with E-state index in [4.69, 9.17) is 15.5 Å². The number of hydrogen-bond acceptors (Lipinski definition) is 3. The molecule has 0 bridgehead atoms. The summed E-state index contributed by atoms with van der Waals surface area (Å²) in [5.74, 6) is -1.62. The van der Waals surface area contributed by atoms with Crippen LogP contribution < -0.4 is 11.1 Å². The normalized spacial score (nSPS) is 13.1. The van der Waals surface area contributed by atoms with Crippen molar-refractivity contribution in [2.24, 2.45) is 0 Å². The molecule has 1 amide bonds. The molecule has 0 aromatic heterocycles. The largest absolute Gasteiger partial charge is 0.399 e. The molecule has 94 valence electrons. The van der Waals surface area contributed by atoms with Crippen molar-refractivity contribution in [3.8, 4) is 0 Å². The summed E-state index contributed by atoms with van der Waals surface area (Å²) in [6, 6.07) is 6.71. The molecule has 0 aliphatic carbocycles. The molecule has 0 radical (unpaired) electrons. The molecule has 0 saturated heterocycles. The maximum atomic E-state index is 11.5. The Kier molecular flexibility index (Phi) is 4.28. The van der Waals surface area contributed by atoms with E-state index in [1.54, 1.807) is 24.3 Å². The van der Waals surface area contributed by atoms with Crippen molar-refractivity contribution in [2.75, 3.05) is 5.73 Å². The van der Waals surface area contributed by atoms with Gasteiger partial charge in [0.2, 0.25) is 5.91 Å². The summed E-state index contributed by atoms with van der Waals surface area (Å²) in [5, 5.41) is 2.25. The summed E-state index contributed by atoms with van der Waals surface area (Å²) in [7, 11) is -4.28. The van der Waals surface area contributed by atoms with E-state index < -0.39 is 19.3 Å². The lowest BCUT2D eigenvalue weighted by atomic mass is 10.1. The van der Waals surface area contributed by atoms with E-state index in [0.29, 0.717) is 5.69 Å². The first-order valence-corrected chi connectivity index (χ1v) is 6.66. The summed E-state index contributed by atoms with van der Waals surface area (Å²) in [6.07, 6.45) is 0.0601. The fraction of sp³-hybridized carbons (Fsp3) is 0.300. The third kappa shape index (κ3) is 4.56. The number of hydrogen-bond donors (Lipinski definition) is 4. The van der Waals surface area contributed by atoms with Gasteiger partial charge in [0, 0.05) is 5.69 Å². The zero-order valence-corrected chi connectivity index (χ0v) is 10.2. The fourth-order valence-electron chi connectivity index (χ4n) is 1.19. The Bertz CT molecular complexity index is 440. The molecule has 0 fully saturated rings. The lowest BCUT2D eigenvalue weighted by molar-refractivity contribution is -0.120. The van der Waals surface area contributed by atoms with Gasteiger partial charge in [-0.15, -0.1) is 0 Å². The van der Waals surface area contributed by atoms with E-state index in [1.165, 1.54) is 6.92 Å². The number of nitrogens with one attached hydrogen (secondary N) is 1. The fourth-order valence-corrected chi connectivity index (χ4v) is 1.50. The molecule has 1 aromatic rings. The summed E-state index contributed by atoms with van der Waals surface area (Å²) in [6.45, 7) is 1.27. The van der Waals surface area contributed by atoms with E-state index in [9.17, 15) is 9.36 Å². The highest BCUT2D eigenvalue weighted by atomic mass is 31.2. The Balaban J connectivity index is 2.56. The van der Waals surface area contributed by atoms with Crippen LogP contribution in [0.5, 0.6) is 0 Å². The Labute approximate surface area is 99.0 Å². The predicted octanol–water partition coefficient (Wildman–Crippen LogP) is 0.451. The quantitative estimate of drug-likeness (QED) is 0.462. The number of carbonyl (C=O) groups is 1. The van der Waals surface area contributed by atoms with Crippen LogP contribution in [0.25, 0.3) is 0 Å². The molecule has 1 aromatic carbocycles. The maximum Gasteiger partial charge on any atom is 0.347 e. The van der Waals surface area contributed by atoms with Crippen molar-refractivity contribution in [2.45, 2.75) is 19.1 Å². The van der Waals surface area contributed by atoms with E-state index in [1.807, 2.05) is 0 Å². The van der Waals surface area contributed by atoms with E-state index in [-0.39, 0.29) is 6.42 Å². The highest BCUT2D eigenvalue weighted by Crippen LogP contribution is 2.39. The van der Waals surface area contributed by atoms with Crippen molar-refractivity contribution in [1.82, 2.24) is 5.32 Å². The number of anilines is 1. The third-order valence-corrected chi connectivity index (χ3v) is 3.36. The highest BCUT2D eigenvalue weighted by Gasteiger charge is 2.25. The molecule has 1 rings (SSSR count). The topological polar surface area (TPSA) is 113 Å². The third-order valence-electron chi connectivity index (χ3n) is 2.22. The first-order valence-electron chi connectivity index (χ1n) is 4.98. The van der Waals surface area contributed by atoms with E-state index in [0.717, 1.165) is 5.56 Å². The molecule has 0 unspecified atom stereocenters. The summed E-state index contributed by atoms with van der Waals surface area (Å²) >= 11 is 0. The zero-order valence-electron chi connectivity index (χ0n) is 9.33. The van der Waals surface area contributed by atoms with Crippen molar-refractivity contribution >= 4 is 19.2 Å². The Morgan fingerprint density at radius 1 is 1.41 bits per heavy atom. The minimum absolute atomic E-state index is 0.0601. The van der Waals surface area contributed by atoms with E-state index >= 15 is 0 Å². The molecule has 0 aliphatic heterocycles. The molecule has 5 N–H and O–H groups in total. The molecule has 17 heavy (non-hydrogen) atoms. The lowest BCUT2D eigenvalue weighted by Gasteiger charge is -2.15. The van der Waals surface area contributed by atoms with Gasteiger partial charge in [-0.1, -0.05) is 12.1 Å². The molecule has 0 saturated carbocycles. The SMILES string of the molecule is C[C@H](NC(=O)Cc1ccc(N)cc1)P(=O)(O)O. The number of amides is 1. The standard InChI is InChI=1S/C10H15N2O4P/c1-7(17(14,15)16)12-10(13)6-8-2-4-9(11)5-3-8/h2-5,7H,6,11H2,1H3,(H,12,13)(H2,14,15,16)/t7-/m1/s1. The Hall–Kier alpha value is -1.36. The Morgan fingerprint density at radius 2 is 1.94 bits per heavy atom. The van der Waals surface area contributed by atoms with Gasteiger partial charge >= 0.3 is 7.60 Å². The van der Waals surface area contributed by atoms with Gasteiger partial charge in [-0.25, -0.2) is 0 Å². The summed E-state index contributed by atoms with van der Waals surface area (Å²) in [5.41, 5.74) is 6.82. The first-order chi connectivity index (χ1) is 7.79. The van der Waals surface area contributed by atoms with Gasteiger partial charge in [0.1, 0.15) is 5.78 Å². The van der Waals surface area contributed by atoms with Gasteiger partial charge in [0.25, 0.3) is 0 Å². The van der Waals surface area contributed by atoms with E-state index in [2.05, 4.69) is 5.32 Å². The maximum absolute atomic E-state index is 11.5. The van der Waals surface area contributed by atoms with Gasteiger partial charge in [-0.3, -0.25) is 9.36 Å². The molecular formula is C10H15N2O4P. The van der Waals surface area contributed by atoms with Crippen LogP contribution in [0.1, 0.15) is 12.5 Å². The smallest absolute Gasteiger partial charge is 0.347 e. The van der Waals surface area contributed by atoms with Crippen LogP contribution in [0.3, 0.4) is 0 Å². The van der Waals surface area contributed by atoms with Gasteiger partial charge in [0.05, 0.1) is 6.42 Å². The number of nitrogens with two attached hydrogens (primary N) is 1. The number of nitrogen functional groups attached to an aromatic ring is 1.